The van der Waals surface area contributed by atoms with E-state index in [4.69, 9.17) is 17.4 Å². The molecule has 0 amide bonds. The van der Waals surface area contributed by atoms with Crippen molar-refractivity contribution in [1.29, 1.82) is 0 Å². The summed E-state index contributed by atoms with van der Waals surface area (Å²) < 4.78 is 6.20. The molecule has 0 aromatic heterocycles. The van der Waals surface area contributed by atoms with Gasteiger partial charge in [-0.2, -0.15) is 12.6 Å². The molecule has 1 saturated heterocycles. The molecule has 1 fully saturated rings. The molecule has 1 aliphatic heterocycles. The minimum atomic E-state index is -0.0547. The van der Waals surface area contributed by atoms with Crippen LogP contribution in [0.1, 0.15) is 53.9 Å². The Balaban J connectivity index is 3.01. The van der Waals surface area contributed by atoms with E-state index in [9.17, 15) is 0 Å². The van der Waals surface area contributed by atoms with Gasteiger partial charge in [-0.15, -0.1) is 0 Å². The van der Waals surface area contributed by atoms with Crippen molar-refractivity contribution in [3.63, 3.8) is 0 Å². The Morgan fingerprint density at radius 3 is 2.53 bits per heavy atom. The molecule has 0 saturated carbocycles. The summed E-state index contributed by atoms with van der Waals surface area (Å²) in [7, 11) is 0. The van der Waals surface area contributed by atoms with E-state index in [1.165, 1.54) is 6.42 Å². The first-order chi connectivity index (χ1) is 6.85. The Morgan fingerprint density at radius 2 is 2.07 bits per heavy atom. The minimum absolute atomic E-state index is 0.00810. The van der Waals surface area contributed by atoms with Crippen LogP contribution in [0.25, 0.3) is 0 Å². The maximum absolute atomic E-state index is 6.21. The second kappa shape index (κ2) is 4.67. The maximum atomic E-state index is 6.21. The van der Waals surface area contributed by atoms with Gasteiger partial charge in [-0.1, -0.05) is 27.7 Å². The standard InChI is InChI=1S/C13H26OS/c1-6-13(10(2)3)12(5,15)9-11(4)7-8-14-13/h10-11,15H,6-9H2,1-5H3. The summed E-state index contributed by atoms with van der Waals surface area (Å²) in [4.78, 5) is 0. The zero-order valence-electron chi connectivity index (χ0n) is 10.8. The van der Waals surface area contributed by atoms with Crippen LogP contribution in [0.2, 0.25) is 0 Å². The van der Waals surface area contributed by atoms with Gasteiger partial charge in [0.25, 0.3) is 0 Å². The molecular weight excluding hydrogens is 204 g/mol. The first kappa shape index (κ1) is 13.4. The Morgan fingerprint density at radius 1 is 1.47 bits per heavy atom. The molecule has 0 N–H and O–H groups in total. The van der Waals surface area contributed by atoms with Gasteiger partial charge in [-0.25, -0.2) is 0 Å². The molecule has 3 unspecified atom stereocenters. The predicted molar refractivity (Wildman–Crippen MR) is 69.6 cm³/mol. The molecular formula is C13H26OS. The van der Waals surface area contributed by atoms with Gasteiger partial charge in [0.15, 0.2) is 0 Å². The lowest BCUT2D eigenvalue weighted by molar-refractivity contribution is -0.0953. The third-order valence-corrected chi connectivity index (χ3v) is 4.65. The SMILES string of the molecule is CCC1(C(C)C)OCCC(C)CC1(C)S. The van der Waals surface area contributed by atoms with E-state index in [0.29, 0.717) is 5.92 Å². The van der Waals surface area contributed by atoms with Crippen LogP contribution in [-0.2, 0) is 4.74 Å². The van der Waals surface area contributed by atoms with Crippen molar-refractivity contribution >= 4 is 12.6 Å². The lowest BCUT2D eigenvalue weighted by Gasteiger charge is -2.47. The Labute approximate surface area is 100 Å². The summed E-state index contributed by atoms with van der Waals surface area (Å²) >= 11 is 4.92. The first-order valence-corrected chi connectivity index (χ1v) is 6.67. The molecule has 3 atom stereocenters. The third-order valence-electron chi connectivity index (χ3n) is 4.09. The van der Waals surface area contributed by atoms with E-state index in [1.807, 2.05) is 0 Å². The Bertz CT molecular complexity index is 213. The monoisotopic (exact) mass is 230 g/mol. The molecule has 1 nitrogen and oxygen atoms in total. The van der Waals surface area contributed by atoms with Gasteiger partial charge in [-0.05, 0) is 38.0 Å². The second-order valence-corrected chi connectivity index (χ2v) is 6.61. The van der Waals surface area contributed by atoms with Gasteiger partial charge in [0, 0.05) is 11.4 Å². The highest BCUT2D eigenvalue weighted by atomic mass is 32.1. The van der Waals surface area contributed by atoms with Crippen molar-refractivity contribution < 1.29 is 4.74 Å². The fraction of sp³-hybridized carbons (Fsp3) is 1.00. The van der Waals surface area contributed by atoms with E-state index < -0.39 is 0 Å². The summed E-state index contributed by atoms with van der Waals surface area (Å²) in [6.07, 6.45) is 3.38. The lowest BCUT2D eigenvalue weighted by atomic mass is 9.73. The highest BCUT2D eigenvalue weighted by Crippen LogP contribution is 2.47. The zero-order chi connectivity index (χ0) is 11.7. The number of hydrogen-bond donors (Lipinski definition) is 1. The van der Waals surface area contributed by atoms with Crippen LogP contribution in [0.5, 0.6) is 0 Å². The largest absolute Gasteiger partial charge is 0.373 e. The zero-order valence-corrected chi connectivity index (χ0v) is 11.7. The van der Waals surface area contributed by atoms with Crippen molar-refractivity contribution in [3.05, 3.63) is 0 Å². The Hall–Kier alpha value is 0.310. The molecule has 90 valence electrons. The van der Waals surface area contributed by atoms with Crippen LogP contribution in [0.15, 0.2) is 0 Å². The first-order valence-electron chi connectivity index (χ1n) is 6.22. The molecule has 2 heteroatoms. The van der Waals surface area contributed by atoms with Crippen molar-refractivity contribution in [3.8, 4) is 0 Å². The number of thiol groups is 1. The average Bonchev–Trinajstić information content (AvgIpc) is 2.20. The van der Waals surface area contributed by atoms with Crippen molar-refractivity contribution in [2.45, 2.75) is 64.2 Å². The van der Waals surface area contributed by atoms with Crippen LogP contribution >= 0.6 is 12.6 Å². The Kier molecular flexibility index (Phi) is 4.16. The highest BCUT2D eigenvalue weighted by molar-refractivity contribution is 7.81. The molecule has 15 heavy (non-hydrogen) atoms. The minimum Gasteiger partial charge on any atom is -0.373 e. The molecule has 1 aliphatic rings. The van der Waals surface area contributed by atoms with Gasteiger partial charge in [0.1, 0.15) is 0 Å². The average molecular weight is 230 g/mol. The quantitative estimate of drug-likeness (QED) is 0.707. The fourth-order valence-corrected chi connectivity index (χ4v) is 4.02. The summed E-state index contributed by atoms with van der Waals surface area (Å²) in [5.41, 5.74) is -0.0547. The summed E-state index contributed by atoms with van der Waals surface area (Å²) in [5.74, 6) is 1.25. The molecule has 0 aromatic rings. The summed E-state index contributed by atoms with van der Waals surface area (Å²) in [5, 5.41) is 0. The van der Waals surface area contributed by atoms with Crippen LogP contribution in [0.3, 0.4) is 0 Å². The summed E-state index contributed by atoms with van der Waals surface area (Å²) in [6, 6.07) is 0. The van der Waals surface area contributed by atoms with Crippen molar-refractivity contribution in [1.82, 2.24) is 0 Å². The van der Waals surface area contributed by atoms with Crippen LogP contribution < -0.4 is 0 Å². The second-order valence-electron chi connectivity index (χ2n) is 5.62. The third kappa shape index (κ3) is 2.36. The summed E-state index contributed by atoms with van der Waals surface area (Å²) in [6.45, 7) is 12.2. The number of ether oxygens (including phenoxy) is 1. The maximum Gasteiger partial charge on any atom is 0.0843 e. The smallest absolute Gasteiger partial charge is 0.0843 e. The van der Waals surface area contributed by atoms with E-state index >= 15 is 0 Å². The molecule has 0 aromatic carbocycles. The molecule has 0 spiro atoms. The van der Waals surface area contributed by atoms with E-state index in [2.05, 4.69) is 34.6 Å². The van der Waals surface area contributed by atoms with Gasteiger partial charge in [0.2, 0.25) is 0 Å². The number of hydrogen-bond acceptors (Lipinski definition) is 2. The van der Waals surface area contributed by atoms with Crippen molar-refractivity contribution in [2.24, 2.45) is 11.8 Å². The van der Waals surface area contributed by atoms with E-state index in [1.54, 1.807) is 0 Å². The number of rotatable bonds is 2. The van der Waals surface area contributed by atoms with E-state index in [-0.39, 0.29) is 10.3 Å². The van der Waals surface area contributed by atoms with E-state index in [0.717, 1.165) is 25.4 Å². The predicted octanol–water partition coefficient (Wildman–Crippen LogP) is 3.93. The van der Waals surface area contributed by atoms with Crippen molar-refractivity contribution in [2.75, 3.05) is 6.61 Å². The lowest BCUT2D eigenvalue weighted by Crippen LogP contribution is -2.53. The molecule has 1 rings (SSSR count). The molecule has 0 bridgehead atoms. The highest BCUT2D eigenvalue weighted by Gasteiger charge is 2.49. The van der Waals surface area contributed by atoms with Gasteiger partial charge in [-0.3, -0.25) is 0 Å². The van der Waals surface area contributed by atoms with Gasteiger partial charge < -0.3 is 4.74 Å². The topological polar surface area (TPSA) is 9.23 Å². The van der Waals surface area contributed by atoms with Crippen LogP contribution in [0, 0.1) is 11.8 Å². The van der Waals surface area contributed by atoms with Gasteiger partial charge in [0.05, 0.1) is 5.60 Å². The fourth-order valence-electron chi connectivity index (χ4n) is 3.23. The van der Waals surface area contributed by atoms with Crippen LogP contribution in [0.4, 0.5) is 0 Å². The normalized spacial score (nSPS) is 43.0. The molecule has 1 heterocycles. The molecule has 0 aliphatic carbocycles. The van der Waals surface area contributed by atoms with Crippen LogP contribution in [-0.4, -0.2) is 17.0 Å². The van der Waals surface area contributed by atoms with Gasteiger partial charge >= 0.3 is 0 Å². The molecule has 0 radical (unpaired) electrons.